The summed E-state index contributed by atoms with van der Waals surface area (Å²) in [6.45, 7) is 1.64. The first-order chi connectivity index (χ1) is 9.27. The van der Waals surface area contributed by atoms with Crippen LogP contribution in [0.25, 0.3) is 0 Å². The van der Waals surface area contributed by atoms with Crippen LogP contribution in [0.1, 0.15) is 31.2 Å². The smallest absolute Gasteiger partial charge is 0.222 e. The number of amides is 1. The monoisotopic (exact) mass is 264 g/mol. The van der Waals surface area contributed by atoms with E-state index in [1.807, 2.05) is 30.3 Å². The summed E-state index contributed by atoms with van der Waals surface area (Å²) in [5.41, 5.74) is 6.52. The Hall–Kier alpha value is -1.39. The van der Waals surface area contributed by atoms with Crippen molar-refractivity contribution in [3.8, 4) is 0 Å². The minimum atomic E-state index is 0.00136. The van der Waals surface area contributed by atoms with E-state index in [0.29, 0.717) is 26.1 Å². The number of hydrogen-bond donors (Lipinski definition) is 2. The van der Waals surface area contributed by atoms with Crippen LogP contribution in [0.2, 0.25) is 0 Å². The van der Waals surface area contributed by atoms with Crippen LogP contribution in [0, 0.1) is 0 Å². The van der Waals surface area contributed by atoms with Gasteiger partial charge in [-0.1, -0.05) is 36.8 Å². The molecule has 4 nitrogen and oxygen atoms in total. The Morgan fingerprint density at radius 1 is 1.16 bits per heavy atom. The van der Waals surface area contributed by atoms with Gasteiger partial charge in [0.1, 0.15) is 0 Å². The zero-order valence-electron chi connectivity index (χ0n) is 11.4. The first kappa shape index (κ1) is 15.7. The van der Waals surface area contributed by atoms with Crippen molar-refractivity contribution in [3.05, 3.63) is 35.9 Å². The Balaban J connectivity index is 2.44. The number of nitrogens with two attached hydrogens (primary N) is 1. The number of rotatable bonds is 9. The highest BCUT2D eigenvalue weighted by Crippen LogP contribution is 2.08. The standard InChI is InChI=1S/C15H24N2O2/c16-10-6-2-5-9-15(19)17(11-12-18)13-14-7-3-1-4-8-14/h1,3-4,7-8,18H,2,5-6,9-13,16H2. The van der Waals surface area contributed by atoms with Crippen LogP contribution in [0.15, 0.2) is 30.3 Å². The summed E-state index contributed by atoms with van der Waals surface area (Å²) < 4.78 is 0. The highest BCUT2D eigenvalue weighted by atomic mass is 16.3. The fraction of sp³-hybridized carbons (Fsp3) is 0.533. The molecule has 106 valence electrons. The predicted octanol–water partition coefficient (Wildman–Crippen LogP) is 1.53. The largest absolute Gasteiger partial charge is 0.395 e. The van der Waals surface area contributed by atoms with Crippen LogP contribution in [-0.4, -0.2) is 35.6 Å². The van der Waals surface area contributed by atoms with Gasteiger partial charge in [0.2, 0.25) is 5.91 Å². The Bertz CT molecular complexity index is 354. The van der Waals surface area contributed by atoms with Gasteiger partial charge in [0, 0.05) is 19.5 Å². The summed E-state index contributed by atoms with van der Waals surface area (Å²) in [4.78, 5) is 13.8. The van der Waals surface area contributed by atoms with E-state index in [1.165, 1.54) is 0 Å². The molecule has 19 heavy (non-hydrogen) atoms. The van der Waals surface area contributed by atoms with Crippen molar-refractivity contribution in [2.45, 2.75) is 32.2 Å². The number of hydrogen-bond acceptors (Lipinski definition) is 3. The Kier molecular flexibility index (Phi) is 7.86. The quantitative estimate of drug-likeness (QED) is 0.665. The number of benzene rings is 1. The number of nitrogens with zero attached hydrogens (tertiary/aromatic N) is 1. The van der Waals surface area contributed by atoms with Crippen LogP contribution in [0.3, 0.4) is 0 Å². The molecule has 0 spiro atoms. The van der Waals surface area contributed by atoms with Crippen molar-refractivity contribution in [2.75, 3.05) is 19.7 Å². The third kappa shape index (κ3) is 6.36. The summed E-state index contributed by atoms with van der Waals surface area (Å²) in [7, 11) is 0. The molecule has 1 aromatic rings. The molecule has 0 saturated carbocycles. The van der Waals surface area contributed by atoms with E-state index in [1.54, 1.807) is 4.90 Å². The minimum absolute atomic E-state index is 0.00136. The molecule has 0 heterocycles. The molecule has 0 aliphatic heterocycles. The van der Waals surface area contributed by atoms with E-state index in [0.717, 1.165) is 24.8 Å². The molecule has 0 atom stereocenters. The molecule has 0 aliphatic rings. The topological polar surface area (TPSA) is 66.6 Å². The lowest BCUT2D eigenvalue weighted by Gasteiger charge is -2.22. The fourth-order valence-electron chi connectivity index (χ4n) is 1.97. The number of aliphatic hydroxyl groups excluding tert-OH is 1. The zero-order chi connectivity index (χ0) is 13.9. The first-order valence-corrected chi connectivity index (χ1v) is 6.90. The molecular weight excluding hydrogens is 240 g/mol. The lowest BCUT2D eigenvalue weighted by atomic mass is 10.1. The van der Waals surface area contributed by atoms with Gasteiger partial charge in [-0.05, 0) is 24.9 Å². The van der Waals surface area contributed by atoms with Gasteiger partial charge in [0.25, 0.3) is 0 Å². The predicted molar refractivity (Wildman–Crippen MR) is 76.5 cm³/mol. The molecule has 0 fully saturated rings. The Morgan fingerprint density at radius 3 is 2.53 bits per heavy atom. The lowest BCUT2D eigenvalue weighted by molar-refractivity contribution is -0.132. The maximum Gasteiger partial charge on any atom is 0.222 e. The van der Waals surface area contributed by atoms with Gasteiger partial charge >= 0.3 is 0 Å². The Labute approximate surface area is 115 Å². The van der Waals surface area contributed by atoms with Crippen molar-refractivity contribution < 1.29 is 9.90 Å². The van der Waals surface area contributed by atoms with Crippen molar-refractivity contribution in [1.82, 2.24) is 4.90 Å². The summed E-state index contributed by atoms with van der Waals surface area (Å²) in [5, 5.41) is 9.06. The Morgan fingerprint density at radius 2 is 1.89 bits per heavy atom. The molecule has 0 radical (unpaired) electrons. The van der Waals surface area contributed by atoms with Gasteiger partial charge in [-0.25, -0.2) is 0 Å². The molecule has 4 heteroatoms. The maximum absolute atomic E-state index is 12.1. The molecule has 1 amide bonds. The van der Waals surface area contributed by atoms with E-state index in [9.17, 15) is 4.79 Å². The molecule has 0 unspecified atom stereocenters. The normalized spacial score (nSPS) is 10.4. The number of unbranched alkanes of at least 4 members (excludes halogenated alkanes) is 2. The second kappa shape index (κ2) is 9.53. The van der Waals surface area contributed by atoms with Crippen LogP contribution in [-0.2, 0) is 11.3 Å². The molecular formula is C15H24N2O2. The maximum atomic E-state index is 12.1. The SMILES string of the molecule is NCCCCCC(=O)N(CCO)Cc1ccccc1. The van der Waals surface area contributed by atoms with E-state index < -0.39 is 0 Å². The van der Waals surface area contributed by atoms with Crippen LogP contribution in [0.4, 0.5) is 0 Å². The van der Waals surface area contributed by atoms with E-state index in [-0.39, 0.29) is 12.5 Å². The summed E-state index contributed by atoms with van der Waals surface area (Å²) >= 11 is 0. The van der Waals surface area contributed by atoms with Crippen LogP contribution in [0.5, 0.6) is 0 Å². The summed E-state index contributed by atoms with van der Waals surface area (Å²) in [6.07, 6.45) is 3.35. The summed E-state index contributed by atoms with van der Waals surface area (Å²) in [5.74, 6) is 0.106. The van der Waals surface area contributed by atoms with Gasteiger partial charge in [0.05, 0.1) is 6.61 Å². The van der Waals surface area contributed by atoms with E-state index in [4.69, 9.17) is 10.8 Å². The molecule has 1 rings (SSSR count). The molecule has 0 bridgehead atoms. The molecule has 3 N–H and O–H groups in total. The van der Waals surface area contributed by atoms with Crippen molar-refractivity contribution in [2.24, 2.45) is 5.73 Å². The van der Waals surface area contributed by atoms with Crippen LogP contribution >= 0.6 is 0 Å². The lowest BCUT2D eigenvalue weighted by Crippen LogP contribution is -2.32. The second-order valence-corrected chi connectivity index (χ2v) is 4.62. The van der Waals surface area contributed by atoms with Gasteiger partial charge in [-0.3, -0.25) is 4.79 Å². The fourth-order valence-corrected chi connectivity index (χ4v) is 1.97. The second-order valence-electron chi connectivity index (χ2n) is 4.62. The number of carbonyl (C=O) groups excluding carboxylic acids is 1. The van der Waals surface area contributed by atoms with Crippen molar-refractivity contribution in [3.63, 3.8) is 0 Å². The van der Waals surface area contributed by atoms with Gasteiger partial charge in [-0.2, -0.15) is 0 Å². The van der Waals surface area contributed by atoms with Crippen molar-refractivity contribution in [1.29, 1.82) is 0 Å². The van der Waals surface area contributed by atoms with Crippen molar-refractivity contribution >= 4 is 5.91 Å². The highest BCUT2D eigenvalue weighted by Gasteiger charge is 2.12. The number of carbonyl (C=O) groups is 1. The highest BCUT2D eigenvalue weighted by molar-refractivity contribution is 5.76. The first-order valence-electron chi connectivity index (χ1n) is 6.90. The number of aliphatic hydroxyl groups is 1. The third-order valence-corrected chi connectivity index (χ3v) is 3.03. The van der Waals surface area contributed by atoms with Gasteiger partial charge < -0.3 is 15.7 Å². The van der Waals surface area contributed by atoms with Crippen LogP contribution < -0.4 is 5.73 Å². The minimum Gasteiger partial charge on any atom is -0.395 e. The van der Waals surface area contributed by atoms with Gasteiger partial charge in [0.15, 0.2) is 0 Å². The molecule has 0 aromatic heterocycles. The van der Waals surface area contributed by atoms with Gasteiger partial charge in [-0.15, -0.1) is 0 Å². The van der Waals surface area contributed by atoms with E-state index in [2.05, 4.69) is 0 Å². The molecule has 0 saturated heterocycles. The van der Waals surface area contributed by atoms with E-state index >= 15 is 0 Å². The average molecular weight is 264 g/mol. The molecule has 1 aromatic carbocycles. The third-order valence-electron chi connectivity index (χ3n) is 3.03. The zero-order valence-corrected chi connectivity index (χ0v) is 11.4. The summed E-state index contributed by atoms with van der Waals surface area (Å²) in [6, 6.07) is 9.85. The molecule has 0 aliphatic carbocycles. The average Bonchev–Trinajstić information content (AvgIpc) is 2.44.